The second kappa shape index (κ2) is 6.84. The largest absolute Gasteiger partial charge is 0.353 e. The topological polar surface area (TPSA) is 46.0 Å². The third kappa shape index (κ3) is 3.43. The number of hydrogen-bond acceptors (Lipinski definition) is 4. The van der Waals surface area contributed by atoms with Gasteiger partial charge in [0.1, 0.15) is 11.6 Å². The van der Waals surface area contributed by atoms with Gasteiger partial charge in [-0.25, -0.2) is 18.7 Å². The molecule has 0 bridgehead atoms. The van der Waals surface area contributed by atoms with Crippen LogP contribution >= 0.6 is 0 Å². The van der Waals surface area contributed by atoms with E-state index in [4.69, 9.17) is 0 Å². The van der Waals surface area contributed by atoms with Crippen molar-refractivity contribution in [3.05, 3.63) is 71.3 Å². The molecule has 1 aromatic carbocycles. The molecular weight excluding hydrogens is 336 g/mol. The number of anilines is 2. The first-order chi connectivity index (χ1) is 12.6. The lowest BCUT2D eigenvalue weighted by Crippen LogP contribution is -2.31. The first kappa shape index (κ1) is 16.7. The van der Waals surface area contributed by atoms with Crippen LogP contribution < -0.4 is 5.32 Å². The fourth-order valence-corrected chi connectivity index (χ4v) is 3.17. The van der Waals surface area contributed by atoms with E-state index < -0.39 is 11.6 Å². The summed E-state index contributed by atoms with van der Waals surface area (Å²) in [4.78, 5) is 11.1. The van der Waals surface area contributed by atoms with Gasteiger partial charge in [-0.15, -0.1) is 0 Å². The number of aromatic nitrogens is 3. The Morgan fingerprint density at radius 2 is 2.12 bits per heavy atom. The summed E-state index contributed by atoms with van der Waals surface area (Å²) in [6, 6.07) is 7.54. The molecule has 0 saturated heterocycles. The Kier molecular flexibility index (Phi) is 4.38. The molecule has 4 rings (SSSR count). The second-order valence-corrected chi connectivity index (χ2v) is 6.49. The molecule has 5 nitrogen and oxygen atoms in total. The lowest BCUT2D eigenvalue weighted by molar-refractivity contribution is 0.238. The van der Waals surface area contributed by atoms with E-state index in [2.05, 4.69) is 30.8 Å². The predicted molar refractivity (Wildman–Crippen MR) is 94.9 cm³/mol. The third-order valence-electron chi connectivity index (χ3n) is 4.63. The van der Waals surface area contributed by atoms with Gasteiger partial charge in [0.05, 0.1) is 11.4 Å². The molecule has 3 heterocycles. The van der Waals surface area contributed by atoms with Crippen molar-refractivity contribution in [3.8, 4) is 0 Å². The summed E-state index contributed by atoms with van der Waals surface area (Å²) in [5.74, 6) is -0.956. The zero-order chi connectivity index (χ0) is 18.1. The molecule has 7 heteroatoms. The van der Waals surface area contributed by atoms with E-state index in [-0.39, 0.29) is 5.69 Å². The molecule has 0 amide bonds. The molecule has 1 N–H and O–H groups in total. The number of aryl methyl sites for hydroxylation is 1. The Morgan fingerprint density at radius 3 is 2.88 bits per heavy atom. The highest BCUT2D eigenvalue weighted by atomic mass is 19.1. The molecule has 0 fully saturated rings. The van der Waals surface area contributed by atoms with Crippen LogP contribution in [0.3, 0.4) is 0 Å². The Hall–Kier alpha value is -2.80. The molecule has 0 radical (unpaired) electrons. The minimum atomic E-state index is -0.667. The van der Waals surface area contributed by atoms with Gasteiger partial charge >= 0.3 is 0 Å². The van der Waals surface area contributed by atoms with Crippen LogP contribution in [0.25, 0.3) is 0 Å². The summed E-state index contributed by atoms with van der Waals surface area (Å²) >= 11 is 0. The van der Waals surface area contributed by atoms with Crippen LogP contribution in [0.1, 0.15) is 17.0 Å². The zero-order valence-electron chi connectivity index (χ0n) is 14.4. The number of benzene rings is 1. The van der Waals surface area contributed by atoms with Crippen LogP contribution in [-0.2, 0) is 26.6 Å². The molecule has 3 aromatic rings. The average Bonchev–Trinajstić information content (AvgIpc) is 3.02. The molecule has 0 saturated carbocycles. The first-order valence-electron chi connectivity index (χ1n) is 8.48. The highest BCUT2D eigenvalue weighted by molar-refractivity contribution is 5.54. The van der Waals surface area contributed by atoms with Gasteiger partial charge in [-0.05, 0) is 24.3 Å². The SMILES string of the molecule is Cn1cccc1CN1CCc2nc(Nc3ccc(F)cc3F)ncc2C1. The predicted octanol–water partition coefficient (Wildman–Crippen LogP) is 3.40. The van der Waals surface area contributed by atoms with Crippen molar-refractivity contribution in [1.29, 1.82) is 0 Å². The van der Waals surface area contributed by atoms with E-state index in [1.54, 1.807) is 6.20 Å². The van der Waals surface area contributed by atoms with Crippen molar-refractivity contribution in [2.45, 2.75) is 19.5 Å². The molecule has 134 valence electrons. The number of fused-ring (bicyclic) bond motifs is 1. The van der Waals surface area contributed by atoms with Crippen LogP contribution in [0, 0.1) is 11.6 Å². The van der Waals surface area contributed by atoms with Crippen LogP contribution in [0.5, 0.6) is 0 Å². The van der Waals surface area contributed by atoms with E-state index in [9.17, 15) is 8.78 Å². The Morgan fingerprint density at radius 1 is 1.23 bits per heavy atom. The Labute approximate surface area is 150 Å². The van der Waals surface area contributed by atoms with Gasteiger partial charge < -0.3 is 9.88 Å². The van der Waals surface area contributed by atoms with Crippen LogP contribution in [0.4, 0.5) is 20.4 Å². The molecule has 2 aromatic heterocycles. The van der Waals surface area contributed by atoms with Gasteiger partial charge in [0.25, 0.3) is 0 Å². The lowest BCUT2D eigenvalue weighted by Gasteiger charge is -2.28. The third-order valence-corrected chi connectivity index (χ3v) is 4.63. The minimum Gasteiger partial charge on any atom is -0.353 e. The van der Waals surface area contributed by atoms with Crippen LogP contribution in [0.15, 0.2) is 42.7 Å². The molecule has 0 unspecified atom stereocenters. The average molecular weight is 355 g/mol. The maximum absolute atomic E-state index is 13.8. The number of halogens is 2. The summed E-state index contributed by atoms with van der Waals surface area (Å²) < 4.78 is 28.9. The molecule has 1 aliphatic rings. The van der Waals surface area contributed by atoms with Gasteiger partial charge in [-0.1, -0.05) is 0 Å². The number of nitrogens with one attached hydrogen (secondary N) is 1. The van der Waals surface area contributed by atoms with E-state index >= 15 is 0 Å². The summed E-state index contributed by atoms with van der Waals surface area (Å²) in [7, 11) is 2.04. The quantitative estimate of drug-likeness (QED) is 0.779. The molecule has 0 atom stereocenters. The monoisotopic (exact) mass is 355 g/mol. The highest BCUT2D eigenvalue weighted by Gasteiger charge is 2.19. The second-order valence-electron chi connectivity index (χ2n) is 6.49. The van der Waals surface area contributed by atoms with Crippen LogP contribution in [0.2, 0.25) is 0 Å². The normalized spacial score (nSPS) is 14.3. The van der Waals surface area contributed by atoms with Crippen molar-refractivity contribution in [2.24, 2.45) is 7.05 Å². The van der Waals surface area contributed by atoms with Gasteiger partial charge in [0.15, 0.2) is 0 Å². The first-order valence-corrected chi connectivity index (χ1v) is 8.48. The smallest absolute Gasteiger partial charge is 0.227 e. The summed E-state index contributed by atoms with van der Waals surface area (Å²) in [6.45, 7) is 2.56. The van der Waals surface area contributed by atoms with Crippen molar-refractivity contribution >= 4 is 11.6 Å². The van der Waals surface area contributed by atoms with Crippen molar-refractivity contribution in [2.75, 3.05) is 11.9 Å². The fraction of sp³-hybridized carbons (Fsp3) is 0.263. The Balaban J connectivity index is 1.47. The lowest BCUT2D eigenvalue weighted by atomic mass is 10.1. The number of rotatable bonds is 4. The number of nitrogens with zero attached hydrogens (tertiary/aromatic N) is 4. The number of hydrogen-bond donors (Lipinski definition) is 1. The fourth-order valence-electron chi connectivity index (χ4n) is 3.17. The molecular formula is C19H19F2N5. The van der Waals surface area contributed by atoms with Crippen LogP contribution in [-0.4, -0.2) is 26.0 Å². The standard InChI is InChI=1S/C19H19F2N5/c1-25-7-2-3-15(25)12-26-8-6-17-13(11-26)10-22-19(23-17)24-18-5-4-14(20)9-16(18)21/h2-5,7,9-10H,6,8,11-12H2,1H3,(H,22,23,24). The van der Waals surface area contributed by atoms with Gasteiger partial charge in [0.2, 0.25) is 5.95 Å². The maximum Gasteiger partial charge on any atom is 0.227 e. The van der Waals surface area contributed by atoms with Gasteiger partial charge in [-0.3, -0.25) is 4.90 Å². The molecule has 1 aliphatic heterocycles. The molecule has 0 spiro atoms. The van der Waals surface area contributed by atoms with E-state index in [1.165, 1.54) is 17.8 Å². The van der Waals surface area contributed by atoms with Crippen molar-refractivity contribution in [1.82, 2.24) is 19.4 Å². The minimum absolute atomic E-state index is 0.160. The summed E-state index contributed by atoms with van der Waals surface area (Å²) in [5, 5.41) is 2.82. The zero-order valence-corrected chi connectivity index (χ0v) is 14.4. The van der Waals surface area contributed by atoms with Gasteiger partial charge in [0, 0.05) is 62.8 Å². The molecule has 26 heavy (non-hydrogen) atoms. The van der Waals surface area contributed by atoms with E-state index in [0.717, 1.165) is 43.4 Å². The van der Waals surface area contributed by atoms with E-state index in [0.29, 0.717) is 5.95 Å². The van der Waals surface area contributed by atoms with Crippen molar-refractivity contribution in [3.63, 3.8) is 0 Å². The highest BCUT2D eigenvalue weighted by Crippen LogP contribution is 2.22. The van der Waals surface area contributed by atoms with Crippen molar-refractivity contribution < 1.29 is 8.78 Å². The maximum atomic E-state index is 13.8. The summed E-state index contributed by atoms with van der Waals surface area (Å²) in [5.41, 5.74) is 3.47. The Bertz CT molecular complexity index is 937. The molecule has 0 aliphatic carbocycles. The van der Waals surface area contributed by atoms with Gasteiger partial charge in [-0.2, -0.15) is 0 Å². The summed E-state index contributed by atoms with van der Waals surface area (Å²) in [6.07, 6.45) is 4.63. The van der Waals surface area contributed by atoms with E-state index in [1.807, 2.05) is 19.3 Å².